The summed E-state index contributed by atoms with van der Waals surface area (Å²) in [6, 6.07) is 1.18. The molecule has 80 valence electrons. The zero-order chi connectivity index (χ0) is 9.80. The van der Waals surface area contributed by atoms with Crippen molar-refractivity contribution in [1.29, 1.82) is 0 Å². The van der Waals surface area contributed by atoms with E-state index in [0.717, 1.165) is 25.8 Å². The minimum atomic E-state index is 0.00840. The first-order valence-electron chi connectivity index (χ1n) is 5.62. The minimum absolute atomic E-state index is 0.00840. The van der Waals surface area contributed by atoms with Crippen LogP contribution in [-0.4, -0.2) is 31.2 Å². The summed E-state index contributed by atoms with van der Waals surface area (Å²) in [5.74, 6) is 0. The van der Waals surface area contributed by atoms with Crippen molar-refractivity contribution in [2.45, 2.75) is 44.2 Å². The average molecular weight is 197 g/mol. The Morgan fingerprint density at radius 2 is 2.14 bits per heavy atom. The monoisotopic (exact) mass is 197 g/mol. The first-order chi connectivity index (χ1) is 6.84. The lowest BCUT2D eigenvalue weighted by atomic mass is 10.0. The number of carbonyl (C=O) groups is 1. The lowest BCUT2D eigenvalue weighted by Crippen LogP contribution is -2.43. The van der Waals surface area contributed by atoms with E-state index in [1.807, 2.05) is 0 Å². The molecule has 2 amide bonds. The Morgan fingerprint density at radius 1 is 1.36 bits per heavy atom. The zero-order valence-electron chi connectivity index (χ0n) is 8.51. The summed E-state index contributed by atoms with van der Waals surface area (Å²) in [6.45, 7) is 1.97. The predicted octanol–water partition coefficient (Wildman–Crippen LogP) is 0.590. The molecule has 1 saturated carbocycles. The van der Waals surface area contributed by atoms with Crippen LogP contribution in [0.3, 0.4) is 0 Å². The summed E-state index contributed by atoms with van der Waals surface area (Å²) in [6.07, 6.45) is 5.87. The fourth-order valence-corrected chi connectivity index (χ4v) is 1.61. The van der Waals surface area contributed by atoms with Crippen LogP contribution in [0.25, 0.3) is 0 Å². The summed E-state index contributed by atoms with van der Waals surface area (Å²) in [5.41, 5.74) is 0. The van der Waals surface area contributed by atoms with Crippen LogP contribution in [0.2, 0.25) is 0 Å². The van der Waals surface area contributed by atoms with E-state index in [2.05, 4.69) is 16.0 Å². The van der Waals surface area contributed by atoms with Gasteiger partial charge in [-0.25, -0.2) is 4.79 Å². The van der Waals surface area contributed by atoms with E-state index in [4.69, 9.17) is 0 Å². The largest absolute Gasteiger partial charge is 0.338 e. The van der Waals surface area contributed by atoms with Crippen molar-refractivity contribution in [1.82, 2.24) is 16.0 Å². The van der Waals surface area contributed by atoms with Crippen LogP contribution in [0.5, 0.6) is 0 Å². The standard InChI is InChI=1S/C10H19N3O/c14-10(13-9-3-4-9)12-6-1-2-8-5-7-11-8/h8-9,11H,1-7H2,(H2,12,13,14). The molecule has 4 heteroatoms. The molecule has 1 aliphatic heterocycles. The van der Waals surface area contributed by atoms with Crippen molar-refractivity contribution in [3.8, 4) is 0 Å². The second kappa shape index (κ2) is 4.64. The number of amides is 2. The highest BCUT2D eigenvalue weighted by atomic mass is 16.2. The van der Waals surface area contributed by atoms with E-state index in [9.17, 15) is 4.79 Å². The molecule has 1 saturated heterocycles. The summed E-state index contributed by atoms with van der Waals surface area (Å²) in [7, 11) is 0. The number of hydrogen-bond donors (Lipinski definition) is 3. The summed E-state index contributed by atoms with van der Waals surface area (Å²) in [5, 5.41) is 9.13. The van der Waals surface area contributed by atoms with Gasteiger partial charge >= 0.3 is 6.03 Å². The van der Waals surface area contributed by atoms with Gasteiger partial charge in [0.25, 0.3) is 0 Å². The topological polar surface area (TPSA) is 53.2 Å². The number of urea groups is 1. The fourth-order valence-electron chi connectivity index (χ4n) is 1.61. The number of carbonyl (C=O) groups excluding carboxylic acids is 1. The average Bonchev–Trinajstić information content (AvgIpc) is 2.84. The molecule has 0 radical (unpaired) electrons. The molecule has 2 fully saturated rings. The number of rotatable bonds is 5. The van der Waals surface area contributed by atoms with Crippen molar-refractivity contribution in [2.75, 3.05) is 13.1 Å². The molecule has 2 aliphatic rings. The van der Waals surface area contributed by atoms with E-state index in [1.165, 1.54) is 19.4 Å². The van der Waals surface area contributed by atoms with Gasteiger partial charge in [-0.05, 0) is 38.6 Å². The van der Waals surface area contributed by atoms with Gasteiger partial charge in [0, 0.05) is 18.6 Å². The third-order valence-corrected chi connectivity index (χ3v) is 2.85. The fraction of sp³-hybridized carbons (Fsp3) is 0.900. The molecule has 1 atom stereocenters. The number of nitrogens with one attached hydrogen (secondary N) is 3. The maximum atomic E-state index is 11.2. The van der Waals surface area contributed by atoms with Gasteiger partial charge in [-0.15, -0.1) is 0 Å². The van der Waals surface area contributed by atoms with Crippen molar-refractivity contribution in [2.24, 2.45) is 0 Å². The molecule has 1 heterocycles. The Morgan fingerprint density at radius 3 is 2.71 bits per heavy atom. The number of hydrogen-bond acceptors (Lipinski definition) is 2. The highest BCUT2D eigenvalue weighted by Gasteiger charge is 2.22. The van der Waals surface area contributed by atoms with E-state index in [1.54, 1.807) is 0 Å². The maximum Gasteiger partial charge on any atom is 0.315 e. The molecule has 0 spiro atoms. The van der Waals surface area contributed by atoms with Crippen LogP contribution < -0.4 is 16.0 Å². The van der Waals surface area contributed by atoms with Crippen molar-refractivity contribution in [3.05, 3.63) is 0 Å². The zero-order valence-corrected chi connectivity index (χ0v) is 8.51. The second-order valence-corrected chi connectivity index (χ2v) is 4.26. The molecular formula is C10H19N3O. The maximum absolute atomic E-state index is 11.2. The third kappa shape index (κ3) is 3.18. The third-order valence-electron chi connectivity index (χ3n) is 2.85. The van der Waals surface area contributed by atoms with Gasteiger partial charge in [0.05, 0.1) is 0 Å². The summed E-state index contributed by atoms with van der Waals surface area (Å²) >= 11 is 0. The Bertz CT molecular complexity index is 200. The van der Waals surface area contributed by atoms with Crippen LogP contribution in [0.15, 0.2) is 0 Å². The Kier molecular flexibility index (Phi) is 3.24. The van der Waals surface area contributed by atoms with Crippen molar-refractivity contribution >= 4 is 6.03 Å². The van der Waals surface area contributed by atoms with E-state index in [-0.39, 0.29) is 6.03 Å². The molecular weight excluding hydrogens is 178 g/mol. The molecule has 2 rings (SSSR count). The van der Waals surface area contributed by atoms with Gasteiger partial charge in [0.1, 0.15) is 0 Å². The van der Waals surface area contributed by atoms with Gasteiger partial charge in [-0.3, -0.25) is 0 Å². The smallest absolute Gasteiger partial charge is 0.315 e. The molecule has 1 aliphatic carbocycles. The van der Waals surface area contributed by atoms with Crippen LogP contribution in [0.4, 0.5) is 4.79 Å². The molecule has 0 bridgehead atoms. The van der Waals surface area contributed by atoms with Gasteiger partial charge in [0.2, 0.25) is 0 Å². The lowest BCUT2D eigenvalue weighted by Gasteiger charge is -2.27. The molecule has 14 heavy (non-hydrogen) atoms. The van der Waals surface area contributed by atoms with Gasteiger partial charge in [-0.1, -0.05) is 0 Å². The second-order valence-electron chi connectivity index (χ2n) is 4.26. The van der Waals surface area contributed by atoms with Crippen LogP contribution in [-0.2, 0) is 0 Å². The minimum Gasteiger partial charge on any atom is -0.338 e. The van der Waals surface area contributed by atoms with Crippen molar-refractivity contribution in [3.63, 3.8) is 0 Å². The van der Waals surface area contributed by atoms with Crippen LogP contribution in [0.1, 0.15) is 32.1 Å². The van der Waals surface area contributed by atoms with Crippen molar-refractivity contribution < 1.29 is 4.79 Å². The first kappa shape index (κ1) is 9.77. The van der Waals surface area contributed by atoms with E-state index < -0.39 is 0 Å². The molecule has 0 aromatic rings. The van der Waals surface area contributed by atoms with Gasteiger partial charge in [-0.2, -0.15) is 0 Å². The SMILES string of the molecule is O=C(NCCCC1CCN1)NC1CC1. The lowest BCUT2D eigenvalue weighted by molar-refractivity contribution is 0.239. The molecule has 4 nitrogen and oxygen atoms in total. The first-order valence-corrected chi connectivity index (χ1v) is 5.62. The molecule has 1 unspecified atom stereocenters. The summed E-state index contributed by atoms with van der Waals surface area (Å²) < 4.78 is 0. The van der Waals surface area contributed by atoms with Gasteiger partial charge in [0.15, 0.2) is 0 Å². The van der Waals surface area contributed by atoms with E-state index >= 15 is 0 Å². The molecule has 0 aromatic heterocycles. The normalized spacial score (nSPS) is 25.3. The Balaban J connectivity index is 1.42. The predicted molar refractivity (Wildman–Crippen MR) is 55.2 cm³/mol. The van der Waals surface area contributed by atoms with Crippen LogP contribution in [0, 0.1) is 0 Å². The molecule has 3 N–H and O–H groups in total. The highest BCUT2D eigenvalue weighted by molar-refractivity contribution is 5.74. The molecule has 0 aromatic carbocycles. The Hall–Kier alpha value is -0.770. The van der Waals surface area contributed by atoms with Gasteiger partial charge < -0.3 is 16.0 Å². The highest BCUT2D eigenvalue weighted by Crippen LogP contribution is 2.18. The summed E-state index contributed by atoms with van der Waals surface area (Å²) in [4.78, 5) is 11.2. The Labute approximate surface area is 84.8 Å². The quantitative estimate of drug-likeness (QED) is 0.565. The van der Waals surface area contributed by atoms with Crippen LogP contribution >= 0.6 is 0 Å². The van der Waals surface area contributed by atoms with E-state index in [0.29, 0.717) is 12.1 Å².